The Morgan fingerprint density at radius 3 is 2.56 bits per heavy atom. The van der Waals surface area contributed by atoms with Crippen molar-refractivity contribution in [2.45, 2.75) is 6.10 Å². The van der Waals surface area contributed by atoms with E-state index in [2.05, 4.69) is 4.74 Å². The van der Waals surface area contributed by atoms with Gasteiger partial charge in [0.2, 0.25) is 0 Å². The number of allylic oxidation sites excluding steroid dienone is 1. The molecule has 1 aromatic carbocycles. The van der Waals surface area contributed by atoms with E-state index in [4.69, 9.17) is 4.74 Å². The lowest BCUT2D eigenvalue weighted by atomic mass is 10.1. The van der Waals surface area contributed by atoms with Gasteiger partial charge >= 0.3 is 6.16 Å². The SMILES string of the molecule is COC(=O)O[C@@H](/C=C/C=O)c1ccccc1. The van der Waals surface area contributed by atoms with Gasteiger partial charge in [-0.25, -0.2) is 4.79 Å². The van der Waals surface area contributed by atoms with Gasteiger partial charge in [-0.1, -0.05) is 30.3 Å². The fraction of sp³-hybridized carbons (Fsp3) is 0.167. The van der Waals surface area contributed by atoms with E-state index < -0.39 is 12.3 Å². The summed E-state index contributed by atoms with van der Waals surface area (Å²) in [7, 11) is 1.23. The molecule has 0 aliphatic rings. The monoisotopic (exact) mass is 220 g/mol. The molecule has 0 saturated carbocycles. The van der Waals surface area contributed by atoms with Gasteiger partial charge in [0, 0.05) is 0 Å². The van der Waals surface area contributed by atoms with Gasteiger partial charge in [0.15, 0.2) is 0 Å². The zero-order valence-electron chi connectivity index (χ0n) is 8.83. The Morgan fingerprint density at radius 1 is 1.31 bits per heavy atom. The number of methoxy groups -OCH3 is 1. The summed E-state index contributed by atoms with van der Waals surface area (Å²) in [4.78, 5) is 21.2. The highest BCUT2D eigenvalue weighted by Crippen LogP contribution is 2.18. The lowest BCUT2D eigenvalue weighted by Gasteiger charge is -2.13. The summed E-state index contributed by atoms with van der Waals surface area (Å²) >= 11 is 0. The van der Waals surface area contributed by atoms with Crippen LogP contribution >= 0.6 is 0 Å². The van der Waals surface area contributed by atoms with Crippen LogP contribution in [-0.2, 0) is 14.3 Å². The van der Waals surface area contributed by atoms with E-state index >= 15 is 0 Å². The lowest BCUT2D eigenvalue weighted by molar-refractivity contribution is -0.104. The molecule has 0 aliphatic heterocycles. The minimum absolute atomic E-state index is 0.612. The third-order valence-corrected chi connectivity index (χ3v) is 1.88. The number of carbonyl (C=O) groups excluding carboxylic acids is 2. The average molecular weight is 220 g/mol. The Morgan fingerprint density at radius 2 is 2.00 bits per heavy atom. The van der Waals surface area contributed by atoms with E-state index in [1.165, 1.54) is 19.3 Å². The van der Waals surface area contributed by atoms with Gasteiger partial charge in [0.05, 0.1) is 7.11 Å². The first-order valence-electron chi connectivity index (χ1n) is 4.69. The summed E-state index contributed by atoms with van der Waals surface area (Å²) in [6.45, 7) is 0. The highest BCUT2D eigenvalue weighted by atomic mass is 16.7. The fourth-order valence-electron chi connectivity index (χ4n) is 1.16. The molecule has 0 saturated heterocycles. The van der Waals surface area contributed by atoms with Crippen molar-refractivity contribution < 1.29 is 19.1 Å². The van der Waals surface area contributed by atoms with Gasteiger partial charge in [-0.05, 0) is 17.7 Å². The number of hydrogen-bond acceptors (Lipinski definition) is 4. The Labute approximate surface area is 93.5 Å². The molecular formula is C12H12O4. The Hall–Kier alpha value is -2.10. The van der Waals surface area contributed by atoms with E-state index in [0.717, 1.165) is 5.56 Å². The van der Waals surface area contributed by atoms with Crippen molar-refractivity contribution in [1.82, 2.24) is 0 Å². The molecule has 84 valence electrons. The molecule has 4 heteroatoms. The molecule has 0 spiro atoms. The van der Waals surface area contributed by atoms with E-state index in [1.807, 2.05) is 18.2 Å². The van der Waals surface area contributed by atoms with Crippen molar-refractivity contribution in [2.75, 3.05) is 7.11 Å². The molecule has 1 atom stereocenters. The van der Waals surface area contributed by atoms with E-state index in [-0.39, 0.29) is 0 Å². The molecule has 1 aromatic rings. The number of aldehydes is 1. The lowest BCUT2D eigenvalue weighted by Crippen LogP contribution is -2.09. The van der Waals surface area contributed by atoms with Crippen LogP contribution in [0.1, 0.15) is 11.7 Å². The number of rotatable bonds is 4. The second-order valence-corrected chi connectivity index (χ2v) is 2.92. The standard InChI is InChI=1S/C12H12O4/c1-15-12(14)16-11(8-5-9-13)10-6-3-2-4-7-10/h2-9,11H,1H3/b8-5+/t11-/m0/s1. The third-order valence-electron chi connectivity index (χ3n) is 1.88. The van der Waals surface area contributed by atoms with Gasteiger partial charge in [-0.2, -0.15) is 0 Å². The Balaban J connectivity index is 2.83. The predicted octanol–water partition coefficient (Wildman–Crippen LogP) is 2.27. The summed E-state index contributed by atoms with van der Waals surface area (Å²) in [5, 5.41) is 0. The zero-order valence-corrected chi connectivity index (χ0v) is 8.83. The van der Waals surface area contributed by atoms with Crippen LogP contribution in [-0.4, -0.2) is 19.6 Å². The quantitative estimate of drug-likeness (QED) is 0.443. The molecule has 0 amide bonds. The molecule has 1 rings (SSSR count). The molecule has 0 fully saturated rings. The first kappa shape index (κ1) is 12.0. The summed E-state index contributed by atoms with van der Waals surface area (Å²) < 4.78 is 9.38. The fourth-order valence-corrected chi connectivity index (χ4v) is 1.16. The van der Waals surface area contributed by atoms with Crippen LogP contribution in [0.25, 0.3) is 0 Å². The smallest absolute Gasteiger partial charge is 0.438 e. The normalized spacial score (nSPS) is 12.1. The minimum Gasteiger partial charge on any atom is -0.438 e. The van der Waals surface area contributed by atoms with Gasteiger partial charge in [-0.15, -0.1) is 0 Å². The van der Waals surface area contributed by atoms with Crippen LogP contribution in [0.3, 0.4) is 0 Å². The minimum atomic E-state index is -0.788. The number of benzene rings is 1. The van der Waals surface area contributed by atoms with Gasteiger partial charge < -0.3 is 9.47 Å². The van der Waals surface area contributed by atoms with E-state index in [1.54, 1.807) is 12.1 Å². The van der Waals surface area contributed by atoms with Gasteiger partial charge in [-0.3, -0.25) is 4.79 Å². The van der Waals surface area contributed by atoms with Crippen molar-refractivity contribution in [3.8, 4) is 0 Å². The molecule has 16 heavy (non-hydrogen) atoms. The highest BCUT2D eigenvalue weighted by Gasteiger charge is 2.13. The molecule has 0 aliphatic carbocycles. The van der Waals surface area contributed by atoms with Crippen LogP contribution < -0.4 is 0 Å². The van der Waals surface area contributed by atoms with Crippen molar-refractivity contribution >= 4 is 12.4 Å². The number of ether oxygens (including phenoxy) is 2. The van der Waals surface area contributed by atoms with Crippen LogP contribution in [0.15, 0.2) is 42.5 Å². The second kappa shape index (κ2) is 6.40. The maximum absolute atomic E-state index is 11.0. The highest BCUT2D eigenvalue weighted by molar-refractivity contribution is 5.65. The summed E-state index contributed by atoms with van der Waals surface area (Å²) in [6.07, 6.45) is 1.99. The van der Waals surface area contributed by atoms with Crippen LogP contribution in [0, 0.1) is 0 Å². The third kappa shape index (κ3) is 3.57. The summed E-state index contributed by atoms with van der Waals surface area (Å²) in [5.41, 5.74) is 0.769. The van der Waals surface area contributed by atoms with Crippen LogP contribution in [0.4, 0.5) is 4.79 Å². The molecular weight excluding hydrogens is 208 g/mol. The molecule has 0 unspecified atom stereocenters. The van der Waals surface area contributed by atoms with Crippen molar-refractivity contribution in [1.29, 1.82) is 0 Å². The molecule has 0 N–H and O–H groups in total. The second-order valence-electron chi connectivity index (χ2n) is 2.92. The number of hydrogen-bond donors (Lipinski definition) is 0. The maximum Gasteiger partial charge on any atom is 0.508 e. The molecule has 4 nitrogen and oxygen atoms in total. The van der Waals surface area contributed by atoms with E-state index in [0.29, 0.717) is 6.29 Å². The van der Waals surface area contributed by atoms with E-state index in [9.17, 15) is 9.59 Å². The topological polar surface area (TPSA) is 52.6 Å². The van der Waals surface area contributed by atoms with Crippen LogP contribution in [0.2, 0.25) is 0 Å². The number of carbonyl (C=O) groups is 2. The Kier molecular flexibility index (Phi) is 4.79. The molecule has 0 bridgehead atoms. The van der Waals surface area contributed by atoms with Crippen molar-refractivity contribution in [3.05, 3.63) is 48.0 Å². The van der Waals surface area contributed by atoms with Gasteiger partial charge in [0.1, 0.15) is 12.4 Å². The molecule has 0 aromatic heterocycles. The van der Waals surface area contributed by atoms with Crippen molar-refractivity contribution in [3.63, 3.8) is 0 Å². The van der Waals surface area contributed by atoms with Gasteiger partial charge in [0.25, 0.3) is 0 Å². The first-order chi connectivity index (χ1) is 7.77. The van der Waals surface area contributed by atoms with Crippen LogP contribution in [0.5, 0.6) is 0 Å². The predicted molar refractivity (Wildman–Crippen MR) is 57.9 cm³/mol. The first-order valence-corrected chi connectivity index (χ1v) is 4.69. The largest absolute Gasteiger partial charge is 0.508 e. The molecule has 0 radical (unpaired) electrons. The molecule has 0 heterocycles. The zero-order chi connectivity index (χ0) is 11.8. The maximum atomic E-state index is 11.0. The van der Waals surface area contributed by atoms with Crippen molar-refractivity contribution in [2.24, 2.45) is 0 Å². The average Bonchev–Trinajstić information content (AvgIpc) is 2.35. The Bertz CT molecular complexity index is 370. The summed E-state index contributed by atoms with van der Waals surface area (Å²) in [6, 6.07) is 9.07. The summed E-state index contributed by atoms with van der Waals surface area (Å²) in [5.74, 6) is 0.